The number of anilines is 1. The molecule has 0 saturated heterocycles. The number of nitrogens with two attached hydrogens (primary N) is 1. The Kier molecular flexibility index (Phi) is 8.33. The molecule has 0 aliphatic heterocycles. The van der Waals surface area contributed by atoms with Gasteiger partial charge in [0.25, 0.3) is 0 Å². The topological polar surface area (TPSA) is 55.1 Å². The molecule has 2 aromatic carbocycles. The number of hydrogen-bond acceptors (Lipinski definition) is 3. The van der Waals surface area contributed by atoms with Crippen molar-refractivity contribution in [1.82, 2.24) is 0 Å². The van der Waals surface area contributed by atoms with Crippen LogP contribution < -0.4 is 11.1 Å². The number of rotatable bonds is 10. The zero-order valence-corrected chi connectivity index (χ0v) is 17.0. The predicted molar refractivity (Wildman–Crippen MR) is 113 cm³/mol. The summed E-state index contributed by atoms with van der Waals surface area (Å²) >= 11 is 8.14. The molecular weight excluding hydrogens is 364 g/mol. The highest BCUT2D eigenvalue weighted by molar-refractivity contribution is 8.00. The number of hydrogen-bond donors (Lipinski definition) is 2. The fourth-order valence-electron chi connectivity index (χ4n) is 2.81. The fourth-order valence-corrected chi connectivity index (χ4v) is 4.46. The largest absolute Gasteiger partial charge is 0.380 e. The van der Waals surface area contributed by atoms with E-state index >= 15 is 0 Å². The molecule has 140 valence electrons. The first-order valence-electron chi connectivity index (χ1n) is 9.12. The van der Waals surface area contributed by atoms with Gasteiger partial charge in [-0.1, -0.05) is 50.4 Å². The van der Waals surface area contributed by atoms with Crippen molar-refractivity contribution in [2.24, 2.45) is 5.73 Å². The van der Waals surface area contributed by atoms with Gasteiger partial charge in [0.15, 0.2) is 0 Å². The van der Waals surface area contributed by atoms with E-state index in [0.717, 1.165) is 16.3 Å². The zero-order valence-electron chi connectivity index (χ0n) is 15.4. The fraction of sp³-hybridized carbons (Fsp3) is 0.381. The Bertz CT molecular complexity index is 712. The summed E-state index contributed by atoms with van der Waals surface area (Å²) in [5.74, 6) is -0.407. The lowest BCUT2D eigenvalue weighted by molar-refractivity contribution is 0.100. The summed E-state index contributed by atoms with van der Waals surface area (Å²) < 4.78 is 0. The molecular formula is C21H27ClN2OS. The third kappa shape index (κ3) is 6.26. The minimum atomic E-state index is -0.407. The lowest BCUT2D eigenvalue weighted by Crippen LogP contribution is -2.11. The molecule has 2 aromatic rings. The maximum Gasteiger partial charge on any atom is 0.248 e. The lowest BCUT2D eigenvalue weighted by Gasteiger charge is -2.18. The first-order valence-corrected chi connectivity index (χ1v) is 10.4. The molecule has 26 heavy (non-hydrogen) atoms. The van der Waals surface area contributed by atoms with E-state index in [2.05, 4.69) is 25.2 Å². The van der Waals surface area contributed by atoms with Gasteiger partial charge in [0.05, 0.1) is 0 Å². The summed E-state index contributed by atoms with van der Waals surface area (Å²) in [6, 6.07) is 13.4. The van der Waals surface area contributed by atoms with Crippen LogP contribution in [0.5, 0.6) is 0 Å². The van der Waals surface area contributed by atoms with E-state index in [4.69, 9.17) is 17.3 Å². The molecule has 0 fully saturated rings. The third-order valence-corrected chi connectivity index (χ3v) is 5.83. The molecule has 0 unspecified atom stereocenters. The van der Waals surface area contributed by atoms with Gasteiger partial charge in [-0.05, 0) is 48.7 Å². The van der Waals surface area contributed by atoms with Crippen LogP contribution in [0.1, 0.15) is 55.5 Å². The van der Waals surface area contributed by atoms with Crippen molar-refractivity contribution in [2.45, 2.75) is 56.2 Å². The summed E-state index contributed by atoms with van der Waals surface area (Å²) in [4.78, 5) is 12.4. The molecule has 3 nitrogen and oxygen atoms in total. The number of carbonyl (C=O) groups excluding carboxylic acids is 1. The molecule has 0 radical (unpaired) electrons. The van der Waals surface area contributed by atoms with Gasteiger partial charge in [-0.2, -0.15) is 0 Å². The molecule has 1 amide bonds. The van der Waals surface area contributed by atoms with Crippen LogP contribution in [-0.2, 0) is 6.54 Å². The van der Waals surface area contributed by atoms with E-state index in [9.17, 15) is 4.79 Å². The van der Waals surface area contributed by atoms with Crippen LogP contribution in [-0.4, -0.2) is 11.2 Å². The van der Waals surface area contributed by atoms with Crippen LogP contribution in [0.3, 0.4) is 0 Å². The maximum absolute atomic E-state index is 11.2. The SMILES string of the molecule is CCCC(CCC)Sc1ccc(Cl)cc1NCc1ccc(C(N)=O)cc1. The predicted octanol–water partition coefficient (Wildman–Crippen LogP) is 6.11. The molecule has 0 aliphatic carbocycles. The third-order valence-electron chi connectivity index (χ3n) is 4.18. The van der Waals surface area contributed by atoms with Gasteiger partial charge in [-0.3, -0.25) is 4.79 Å². The Morgan fingerprint density at radius 2 is 1.77 bits per heavy atom. The molecule has 0 atom stereocenters. The van der Waals surface area contributed by atoms with Crippen molar-refractivity contribution in [3.05, 3.63) is 58.6 Å². The summed E-state index contributed by atoms with van der Waals surface area (Å²) in [7, 11) is 0. The van der Waals surface area contributed by atoms with Crippen LogP contribution >= 0.6 is 23.4 Å². The highest BCUT2D eigenvalue weighted by atomic mass is 35.5. The van der Waals surface area contributed by atoms with Gasteiger partial charge in [-0.15, -0.1) is 11.8 Å². The van der Waals surface area contributed by atoms with Crippen molar-refractivity contribution < 1.29 is 4.79 Å². The first-order chi connectivity index (χ1) is 12.5. The summed E-state index contributed by atoms with van der Waals surface area (Å²) in [6.07, 6.45) is 4.82. The van der Waals surface area contributed by atoms with Gasteiger partial charge in [0, 0.05) is 33.0 Å². The smallest absolute Gasteiger partial charge is 0.248 e. The molecule has 0 saturated carbocycles. The second-order valence-corrected chi connectivity index (χ2v) is 8.15. The monoisotopic (exact) mass is 390 g/mol. The van der Waals surface area contributed by atoms with Gasteiger partial charge in [0.1, 0.15) is 0 Å². The average molecular weight is 391 g/mol. The number of carbonyl (C=O) groups is 1. The molecule has 0 heterocycles. The van der Waals surface area contributed by atoms with Crippen LogP contribution in [0.25, 0.3) is 0 Å². The number of amides is 1. The van der Waals surface area contributed by atoms with E-state index in [1.807, 2.05) is 36.0 Å². The Hall–Kier alpha value is -1.65. The van der Waals surface area contributed by atoms with E-state index in [0.29, 0.717) is 17.4 Å². The highest BCUT2D eigenvalue weighted by Crippen LogP contribution is 2.36. The quantitative estimate of drug-likeness (QED) is 0.481. The normalized spacial score (nSPS) is 10.9. The van der Waals surface area contributed by atoms with Gasteiger partial charge < -0.3 is 11.1 Å². The number of halogens is 1. The minimum absolute atomic E-state index is 0.407. The van der Waals surface area contributed by atoms with E-state index in [1.54, 1.807) is 12.1 Å². The highest BCUT2D eigenvalue weighted by Gasteiger charge is 2.12. The van der Waals surface area contributed by atoms with Crippen molar-refractivity contribution in [1.29, 1.82) is 0 Å². The minimum Gasteiger partial charge on any atom is -0.380 e. The Morgan fingerprint density at radius 3 is 2.35 bits per heavy atom. The van der Waals surface area contributed by atoms with E-state index in [-0.39, 0.29) is 0 Å². The van der Waals surface area contributed by atoms with Crippen molar-refractivity contribution in [3.63, 3.8) is 0 Å². The number of nitrogens with one attached hydrogen (secondary N) is 1. The zero-order chi connectivity index (χ0) is 18.9. The van der Waals surface area contributed by atoms with Crippen molar-refractivity contribution in [3.8, 4) is 0 Å². The molecule has 0 aliphatic rings. The molecule has 0 aromatic heterocycles. The van der Waals surface area contributed by atoms with Crippen LogP contribution in [0.4, 0.5) is 5.69 Å². The van der Waals surface area contributed by atoms with Crippen LogP contribution in [0.2, 0.25) is 5.02 Å². The summed E-state index contributed by atoms with van der Waals surface area (Å²) in [6.45, 7) is 5.14. The number of benzene rings is 2. The average Bonchev–Trinajstić information content (AvgIpc) is 2.62. The van der Waals surface area contributed by atoms with Crippen molar-refractivity contribution >= 4 is 35.0 Å². The van der Waals surface area contributed by atoms with Gasteiger partial charge in [-0.25, -0.2) is 0 Å². The van der Waals surface area contributed by atoms with E-state index in [1.165, 1.54) is 30.6 Å². The second kappa shape index (κ2) is 10.5. The number of primary amides is 1. The second-order valence-electron chi connectivity index (χ2n) is 6.37. The number of thioether (sulfide) groups is 1. The van der Waals surface area contributed by atoms with Crippen LogP contribution in [0, 0.1) is 0 Å². The molecule has 0 bridgehead atoms. The Labute approximate surface area is 165 Å². The maximum atomic E-state index is 11.2. The molecule has 3 N–H and O–H groups in total. The lowest BCUT2D eigenvalue weighted by atomic mass is 10.1. The molecule has 5 heteroatoms. The Morgan fingerprint density at radius 1 is 1.12 bits per heavy atom. The van der Waals surface area contributed by atoms with Crippen molar-refractivity contribution in [2.75, 3.05) is 5.32 Å². The van der Waals surface area contributed by atoms with Gasteiger partial charge >= 0.3 is 0 Å². The summed E-state index contributed by atoms with van der Waals surface area (Å²) in [5.41, 5.74) is 7.95. The molecule has 0 spiro atoms. The van der Waals surface area contributed by atoms with E-state index < -0.39 is 5.91 Å². The standard InChI is InChI=1S/C21H27ClN2OS/c1-3-5-18(6-4-2)26-20-12-11-17(22)13-19(20)24-14-15-7-9-16(10-8-15)21(23)25/h7-13,18,24H,3-6,14H2,1-2H3,(H2,23,25). The summed E-state index contributed by atoms with van der Waals surface area (Å²) in [5, 5.41) is 4.84. The first kappa shape index (κ1) is 20.7. The molecule has 2 rings (SSSR count). The van der Waals surface area contributed by atoms with Gasteiger partial charge in [0.2, 0.25) is 5.91 Å². The van der Waals surface area contributed by atoms with Crippen LogP contribution in [0.15, 0.2) is 47.4 Å². The Balaban J connectivity index is 2.09.